The minimum atomic E-state index is -0.0398. The van der Waals surface area contributed by atoms with Crippen LogP contribution >= 0.6 is 0 Å². The number of hydrogen-bond donors (Lipinski definition) is 1. The summed E-state index contributed by atoms with van der Waals surface area (Å²) in [6.45, 7) is 19.9. The van der Waals surface area contributed by atoms with Crippen molar-refractivity contribution in [3.8, 4) is 11.3 Å². The quantitative estimate of drug-likeness (QED) is 0.400. The van der Waals surface area contributed by atoms with E-state index >= 15 is 0 Å². The number of aromatic nitrogens is 5. The topological polar surface area (TPSA) is 85.7 Å². The molecule has 9 nitrogen and oxygen atoms in total. The van der Waals surface area contributed by atoms with Gasteiger partial charge in [-0.15, -0.1) is 0 Å². The number of aromatic amines is 1. The van der Waals surface area contributed by atoms with Crippen molar-refractivity contribution in [3.05, 3.63) is 41.3 Å². The number of fused-ring (bicyclic) bond motifs is 2. The summed E-state index contributed by atoms with van der Waals surface area (Å²) in [5.74, 6) is 1.42. The van der Waals surface area contributed by atoms with Crippen LogP contribution in [0.4, 0.5) is 5.82 Å². The van der Waals surface area contributed by atoms with Gasteiger partial charge in [-0.3, -0.25) is 9.69 Å². The number of pyridine rings is 2. The highest BCUT2D eigenvalue weighted by Crippen LogP contribution is 2.38. The van der Waals surface area contributed by atoms with Crippen LogP contribution in [0.5, 0.6) is 0 Å². The monoisotopic (exact) mass is 530 g/mol. The van der Waals surface area contributed by atoms with Crippen LogP contribution in [-0.2, 0) is 4.79 Å². The van der Waals surface area contributed by atoms with E-state index in [-0.39, 0.29) is 23.4 Å². The van der Waals surface area contributed by atoms with E-state index in [4.69, 9.17) is 4.98 Å². The molecule has 1 aliphatic heterocycles. The maximum atomic E-state index is 13.1. The van der Waals surface area contributed by atoms with Gasteiger partial charge in [0.25, 0.3) is 0 Å². The lowest BCUT2D eigenvalue weighted by molar-refractivity contribution is -0.135. The number of piperazine rings is 1. The molecule has 39 heavy (non-hydrogen) atoms. The van der Waals surface area contributed by atoms with Crippen molar-refractivity contribution in [3.63, 3.8) is 0 Å². The highest BCUT2D eigenvalue weighted by atomic mass is 16.2. The first-order chi connectivity index (χ1) is 18.4. The first kappa shape index (κ1) is 27.1. The molecule has 0 bridgehead atoms. The zero-order valence-electron chi connectivity index (χ0n) is 24.8. The van der Waals surface area contributed by atoms with Gasteiger partial charge in [-0.05, 0) is 77.8 Å². The Morgan fingerprint density at radius 2 is 1.92 bits per heavy atom. The number of carbonyl (C=O) groups excluding carboxylic acids is 1. The van der Waals surface area contributed by atoms with Gasteiger partial charge in [0.1, 0.15) is 12.1 Å². The van der Waals surface area contributed by atoms with E-state index in [1.165, 1.54) is 11.1 Å². The lowest BCUT2D eigenvalue weighted by Crippen LogP contribution is -2.57. The van der Waals surface area contributed by atoms with Crippen LogP contribution in [-0.4, -0.2) is 85.1 Å². The number of H-pyrrole nitrogens is 1. The fourth-order valence-corrected chi connectivity index (χ4v) is 5.55. The second kappa shape index (κ2) is 9.93. The zero-order chi connectivity index (χ0) is 28.2. The molecule has 0 aliphatic carbocycles. The Bertz CT molecular complexity index is 1530. The third kappa shape index (κ3) is 4.88. The van der Waals surface area contributed by atoms with Gasteiger partial charge in [0.05, 0.1) is 23.3 Å². The molecule has 1 aliphatic rings. The van der Waals surface area contributed by atoms with E-state index in [0.29, 0.717) is 13.1 Å². The van der Waals surface area contributed by atoms with Gasteiger partial charge in [0.2, 0.25) is 5.91 Å². The number of hydrogen-bond acceptors (Lipinski definition) is 6. The van der Waals surface area contributed by atoms with E-state index < -0.39 is 0 Å². The highest BCUT2D eigenvalue weighted by Gasteiger charge is 2.31. The Kier molecular flexibility index (Phi) is 6.91. The van der Waals surface area contributed by atoms with E-state index in [1.54, 1.807) is 6.33 Å². The average Bonchev–Trinajstić information content (AvgIpc) is 3.49. The number of anilines is 1. The lowest BCUT2D eigenvalue weighted by Gasteiger charge is -2.42. The van der Waals surface area contributed by atoms with E-state index in [2.05, 4.69) is 98.6 Å². The van der Waals surface area contributed by atoms with Crippen LogP contribution in [0, 0.1) is 13.8 Å². The van der Waals surface area contributed by atoms with Crippen LogP contribution in [0.25, 0.3) is 27.9 Å². The van der Waals surface area contributed by atoms with Crippen LogP contribution in [0.2, 0.25) is 0 Å². The summed E-state index contributed by atoms with van der Waals surface area (Å²) in [5, 5.41) is 4.40. The molecule has 208 valence electrons. The van der Waals surface area contributed by atoms with Gasteiger partial charge in [-0.25, -0.2) is 14.5 Å². The third-order valence-electron chi connectivity index (χ3n) is 8.43. The van der Waals surface area contributed by atoms with Crippen molar-refractivity contribution in [1.29, 1.82) is 0 Å². The van der Waals surface area contributed by atoms with Gasteiger partial charge in [0.15, 0.2) is 5.65 Å². The number of rotatable bonds is 5. The number of nitrogens with zero attached hydrogens (tertiary/aromatic N) is 7. The van der Waals surface area contributed by atoms with E-state index in [1.807, 2.05) is 16.5 Å². The normalized spacial score (nSPS) is 16.8. The first-order valence-electron chi connectivity index (χ1n) is 13.9. The van der Waals surface area contributed by atoms with Crippen molar-refractivity contribution in [2.45, 2.75) is 72.9 Å². The molecule has 1 amide bonds. The van der Waals surface area contributed by atoms with E-state index in [0.717, 1.165) is 52.4 Å². The molecule has 0 radical (unpaired) electrons. The Balaban J connectivity index is 1.45. The molecule has 1 atom stereocenters. The lowest BCUT2D eigenvalue weighted by atomic mass is 9.95. The Hall–Kier alpha value is -3.46. The van der Waals surface area contributed by atoms with Gasteiger partial charge in [0, 0.05) is 48.5 Å². The Morgan fingerprint density at radius 3 is 2.59 bits per heavy atom. The number of amides is 1. The summed E-state index contributed by atoms with van der Waals surface area (Å²) >= 11 is 0. The van der Waals surface area contributed by atoms with Gasteiger partial charge in [-0.2, -0.15) is 5.10 Å². The van der Waals surface area contributed by atoms with Crippen LogP contribution in [0.15, 0.2) is 24.7 Å². The van der Waals surface area contributed by atoms with Crippen LogP contribution in [0.3, 0.4) is 0 Å². The summed E-state index contributed by atoms with van der Waals surface area (Å²) in [5.41, 5.74) is 8.62. The molecule has 5 rings (SSSR count). The standard InChI is InChI=1S/C30H42N8O/c1-18(2)26-27(22-15-38-29(31-17-32-38)21(5)20(22)4)33-23-10-11-24(34-28(23)26)36-12-13-37(19(3)14-36)25(39)16-35(9)30(6,7)8/h10-11,15,17-19,33H,12-14,16H2,1-9H3/t19-/m0/s1. The molecule has 1 saturated heterocycles. The van der Waals surface area contributed by atoms with Crippen molar-refractivity contribution >= 4 is 28.4 Å². The highest BCUT2D eigenvalue weighted by molar-refractivity contribution is 5.90. The molecule has 1 N–H and O–H groups in total. The maximum Gasteiger partial charge on any atom is 0.237 e. The molecule has 4 aromatic heterocycles. The number of likely N-dealkylation sites (N-methyl/N-ethyl adjacent to an activating group) is 1. The smallest absolute Gasteiger partial charge is 0.237 e. The minimum Gasteiger partial charge on any atom is -0.353 e. The number of carbonyl (C=O) groups is 1. The molecule has 4 aromatic rings. The molecule has 5 heterocycles. The molecule has 0 spiro atoms. The third-order valence-corrected chi connectivity index (χ3v) is 8.43. The predicted octanol–water partition coefficient (Wildman–Crippen LogP) is 4.78. The fourth-order valence-electron chi connectivity index (χ4n) is 5.55. The molecular formula is C30H42N8O. The molecule has 9 heteroatoms. The minimum absolute atomic E-state index is 0.0398. The van der Waals surface area contributed by atoms with Crippen molar-refractivity contribution in [2.24, 2.45) is 0 Å². The number of aryl methyl sites for hydroxylation is 1. The average molecular weight is 531 g/mol. The van der Waals surface area contributed by atoms with Crippen LogP contribution < -0.4 is 4.90 Å². The van der Waals surface area contributed by atoms with E-state index in [9.17, 15) is 4.79 Å². The Labute approximate surface area is 231 Å². The molecule has 1 fully saturated rings. The second-order valence-corrected chi connectivity index (χ2v) is 12.4. The Morgan fingerprint density at radius 1 is 1.18 bits per heavy atom. The first-order valence-corrected chi connectivity index (χ1v) is 13.9. The predicted molar refractivity (Wildman–Crippen MR) is 157 cm³/mol. The SMILES string of the molecule is Cc1c(-c2[nH]c3ccc(N4CCN(C(=O)CN(C)C(C)(C)C)[C@@H](C)C4)nc3c2C(C)C)cn2ncnc2c1C. The molecule has 0 aromatic carbocycles. The van der Waals surface area contributed by atoms with Gasteiger partial charge in [-0.1, -0.05) is 13.8 Å². The summed E-state index contributed by atoms with van der Waals surface area (Å²) in [4.78, 5) is 32.9. The summed E-state index contributed by atoms with van der Waals surface area (Å²) in [6.07, 6.45) is 3.67. The van der Waals surface area contributed by atoms with Crippen molar-refractivity contribution < 1.29 is 4.79 Å². The molecule has 0 unspecified atom stereocenters. The second-order valence-electron chi connectivity index (χ2n) is 12.4. The van der Waals surface area contributed by atoms with Crippen LogP contribution in [0.1, 0.15) is 64.2 Å². The van der Waals surface area contributed by atoms with Crippen molar-refractivity contribution in [1.82, 2.24) is 34.4 Å². The summed E-state index contributed by atoms with van der Waals surface area (Å²) < 4.78 is 1.85. The molecule has 0 saturated carbocycles. The van der Waals surface area contributed by atoms with Gasteiger partial charge >= 0.3 is 0 Å². The summed E-state index contributed by atoms with van der Waals surface area (Å²) in [6, 6.07) is 4.36. The van der Waals surface area contributed by atoms with Crippen molar-refractivity contribution in [2.75, 3.05) is 38.1 Å². The molecular weight excluding hydrogens is 488 g/mol. The largest absolute Gasteiger partial charge is 0.353 e. The maximum absolute atomic E-state index is 13.1. The zero-order valence-corrected chi connectivity index (χ0v) is 24.8. The number of nitrogens with one attached hydrogen (secondary N) is 1. The summed E-state index contributed by atoms with van der Waals surface area (Å²) in [7, 11) is 2.02. The van der Waals surface area contributed by atoms with Gasteiger partial charge < -0.3 is 14.8 Å². The fraction of sp³-hybridized carbons (Fsp3) is 0.533.